The molecule has 8 heteroatoms. The van der Waals surface area contributed by atoms with Crippen LogP contribution in [0.1, 0.15) is 18.1 Å². The van der Waals surface area contributed by atoms with E-state index in [1.165, 1.54) is 23.8 Å². The van der Waals surface area contributed by atoms with Crippen LogP contribution in [0.25, 0.3) is 0 Å². The van der Waals surface area contributed by atoms with Gasteiger partial charge in [0.1, 0.15) is 0 Å². The minimum Gasteiger partial charge on any atom is -0.324 e. The van der Waals surface area contributed by atoms with Crippen molar-refractivity contribution < 1.29 is 18.0 Å². The lowest BCUT2D eigenvalue weighted by molar-refractivity contribution is -0.137. The van der Waals surface area contributed by atoms with Crippen LogP contribution in [0.4, 0.5) is 18.9 Å². The molecule has 1 aliphatic rings. The minimum atomic E-state index is -4.50. The molecule has 2 heterocycles. The summed E-state index contributed by atoms with van der Waals surface area (Å²) >= 11 is 1.67. The van der Waals surface area contributed by atoms with Crippen molar-refractivity contribution in [3.8, 4) is 0 Å². The monoisotopic (exact) mass is 397 g/mol. The van der Waals surface area contributed by atoms with Crippen molar-refractivity contribution in [3.63, 3.8) is 0 Å². The van der Waals surface area contributed by atoms with Gasteiger partial charge >= 0.3 is 6.18 Å². The lowest BCUT2D eigenvalue weighted by Gasteiger charge is -2.37. The Labute approximate surface area is 160 Å². The summed E-state index contributed by atoms with van der Waals surface area (Å²) in [7, 11) is 0. The smallest absolute Gasteiger partial charge is 0.324 e. The Bertz CT molecular complexity index is 756. The Balaban J connectivity index is 1.56. The zero-order chi connectivity index (χ0) is 19.4. The van der Waals surface area contributed by atoms with Gasteiger partial charge in [-0.1, -0.05) is 12.1 Å². The number of nitrogens with zero attached hydrogens (tertiary/aromatic N) is 2. The highest BCUT2D eigenvalue weighted by molar-refractivity contribution is 7.07. The van der Waals surface area contributed by atoms with E-state index in [0.717, 1.165) is 25.7 Å². The van der Waals surface area contributed by atoms with Crippen LogP contribution in [0, 0.1) is 0 Å². The molecule has 2 aromatic rings. The molecule has 27 heavy (non-hydrogen) atoms. The number of piperazine rings is 1. The highest BCUT2D eigenvalue weighted by atomic mass is 32.1. The summed E-state index contributed by atoms with van der Waals surface area (Å²) in [5.74, 6) is -0.419. The van der Waals surface area contributed by atoms with Crippen LogP contribution in [0.15, 0.2) is 41.1 Å². The molecule has 4 nitrogen and oxygen atoms in total. The normalized spacial score (nSPS) is 17.6. The van der Waals surface area contributed by atoms with Gasteiger partial charge in [0.2, 0.25) is 5.91 Å². The van der Waals surface area contributed by atoms with Crippen molar-refractivity contribution in [2.75, 3.05) is 31.5 Å². The number of alkyl halides is 3. The summed E-state index contributed by atoms with van der Waals surface area (Å²) < 4.78 is 39.3. The van der Waals surface area contributed by atoms with Gasteiger partial charge in [-0.25, -0.2) is 0 Å². The SMILES string of the molecule is CC(C(=O)Nc1ccccc1C(F)(F)F)N1CCN(Cc2ccsc2)CC1. The lowest BCUT2D eigenvalue weighted by atomic mass is 10.1. The minimum absolute atomic E-state index is 0.196. The third kappa shape index (κ3) is 5.09. The molecule has 0 aliphatic carbocycles. The van der Waals surface area contributed by atoms with Gasteiger partial charge < -0.3 is 5.32 Å². The summed E-state index contributed by atoms with van der Waals surface area (Å²) in [6.07, 6.45) is -4.50. The molecule has 0 spiro atoms. The molecule has 1 fully saturated rings. The predicted molar refractivity (Wildman–Crippen MR) is 101 cm³/mol. The Morgan fingerprint density at radius 1 is 1.19 bits per heavy atom. The second-order valence-electron chi connectivity index (χ2n) is 6.65. The quantitative estimate of drug-likeness (QED) is 0.831. The number of amides is 1. The van der Waals surface area contributed by atoms with Crippen molar-refractivity contribution in [1.29, 1.82) is 0 Å². The van der Waals surface area contributed by atoms with Gasteiger partial charge in [0, 0.05) is 32.7 Å². The third-order valence-electron chi connectivity index (χ3n) is 4.81. The van der Waals surface area contributed by atoms with Gasteiger partial charge in [0.25, 0.3) is 0 Å². The van der Waals surface area contributed by atoms with E-state index in [4.69, 9.17) is 0 Å². The number of benzene rings is 1. The molecular weight excluding hydrogens is 375 g/mol. The summed E-state index contributed by atoms with van der Waals surface area (Å²) in [6.45, 7) is 5.69. The molecule has 0 radical (unpaired) electrons. The number of hydrogen-bond acceptors (Lipinski definition) is 4. The Hall–Kier alpha value is -1.90. The molecule has 0 saturated carbocycles. The number of hydrogen-bond donors (Lipinski definition) is 1. The Morgan fingerprint density at radius 3 is 2.52 bits per heavy atom. The largest absolute Gasteiger partial charge is 0.418 e. The number of carbonyl (C=O) groups is 1. The van der Waals surface area contributed by atoms with E-state index in [1.54, 1.807) is 18.3 Å². The highest BCUT2D eigenvalue weighted by Gasteiger charge is 2.34. The predicted octanol–water partition coefficient (Wildman–Crippen LogP) is 3.91. The molecule has 1 N–H and O–H groups in total. The van der Waals surface area contributed by atoms with Crippen molar-refractivity contribution in [2.45, 2.75) is 25.7 Å². The maximum Gasteiger partial charge on any atom is 0.418 e. The summed E-state index contributed by atoms with van der Waals surface area (Å²) in [4.78, 5) is 16.8. The molecule has 1 saturated heterocycles. The summed E-state index contributed by atoms with van der Waals surface area (Å²) in [5, 5.41) is 6.63. The summed E-state index contributed by atoms with van der Waals surface area (Å²) in [5.41, 5.74) is 0.257. The zero-order valence-corrected chi connectivity index (χ0v) is 15.8. The van der Waals surface area contributed by atoms with Crippen LogP contribution in [-0.4, -0.2) is 47.9 Å². The first kappa shape index (κ1) is 19.9. The van der Waals surface area contributed by atoms with Crippen LogP contribution < -0.4 is 5.32 Å². The van der Waals surface area contributed by atoms with E-state index in [1.807, 2.05) is 4.90 Å². The number of thiophene rings is 1. The van der Waals surface area contributed by atoms with E-state index in [-0.39, 0.29) is 5.69 Å². The van der Waals surface area contributed by atoms with E-state index >= 15 is 0 Å². The second kappa shape index (κ2) is 8.41. The van der Waals surface area contributed by atoms with E-state index in [0.29, 0.717) is 13.1 Å². The van der Waals surface area contributed by atoms with Crippen molar-refractivity contribution in [3.05, 3.63) is 52.2 Å². The fourth-order valence-electron chi connectivity index (χ4n) is 3.19. The number of anilines is 1. The molecular formula is C19H22F3N3OS. The van der Waals surface area contributed by atoms with Gasteiger partial charge in [-0.05, 0) is 41.4 Å². The zero-order valence-electron chi connectivity index (χ0n) is 15.0. The number of para-hydroxylation sites is 1. The topological polar surface area (TPSA) is 35.6 Å². The third-order valence-corrected chi connectivity index (χ3v) is 5.54. The number of carbonyl (C=O) groups excluding carboxylic acids is 1. The second-order valence-corrected chi connectivity index (χ2v) is 7.43. The Kier molecular flexibility index (Phi) is 6.18. The molecule has 0 bridgehead atoms. The average molecular weight is 397 g/mol. The maximum absolute atomic E-state index is 13.1. The van der Waals surface area contributed by atoms with Crippen LogP contribution in [0.2, 0.25) is 0 Å². The number of nitrogens with one attached hydrogen (secondary N) is 1. The van der Waals surface area contributed by atoms with Gasteiger partial charge in [0.05, 0.1) is 17.3 Å². The van der Waals surface area contributed by atoms with E-state index < -0.39 is 23.7 Å². The molecule has 1 unspecified atom stereocenters. The maximum atomic E-state index is 13.1. The molecule has 1 aromatic carbocycles. The first-order chi connectivity index (χ1) is 12.8. The van der Waals surface area contributed by atoms with Crippen molar-refractivity contribution >= 4 is 22.9 Å². The first-order valence-corrected chi connectivity index (χ1v) is 9.73. The highest BCUT2D eigenvalue weighted by Crippen LogP contribution is 2.34. The van der Waals surface area contributed by atoms with Gasteiger partial charge in [-0.15, -0.1) is 0 Å². The van der Waals surface area contributed by atoms with Crippen molar-refractivity contribution in [2.24, 2.45) is 0 Å². The molecule has 146 valence electrons. The summed E-state index contributed by atoms with van der Waals surface area (Å²) in [6, 6.07) is 6.67. The molecule has 1 amide bonds. The lowest BCUT2D eigenvalue weighted by Crippen LogP contribution is -2.52. The van der Waals surface area contributed by atoms with Gasteiger partial charge in [-0.2, -0.15) is 24.5 Å². The first-order valence-electron chi connectivity index (χ1n) is 8.79. The van der Waals surface area contributed by atoms with Gasteiger partial charge in [0.15, 0.2) is 0 Å². The number of halogens is 3. The average Bonchev–Trinajstić information content (AvgIpc) is 3.14. The molecule has 1 aromatic heterocycles. The van der Waals surface area contributed by atoms with Crippen LogP contribution in [0.3, 0.4) is 0 Å². The van der Waals surface area contributed by atoms with Gasteiger partial charge in [-0.3, -0.25) is 14.6 Å². The standard InChI is InChI=1S/C19H22F3N3OS/c1-14(18(26)23-17-5-3-2-4-16(17)19(20,21)22)25-9-7-24(8-10-25)12-15-6-11-27-13-15/h2-6,11,13-14H,7-10,12H2,1H3,(H,23,26). The van der Waals surface area contributed by atoms with Crippen molar-refractivity contribution in [1.82, 2.24) is 9.80 Å². The van der Waals surface area contributed by atoms with E-state index in [2.05, 4.69) is 27.0 Å². The Morgan fingerprint density at radius 2 is 1.89 bits per heavy atom. The van der Waals surface area contributed by atoms with E-state index in [9.17, 15) is 18.0 Å². The fourth-order valence-corrected chi connectivity index (χ4v) is 3.85. The fraction of sp³-hybridized carbons (Fsp3) is 0.421. The van der Waals surface area contributed by atoms with Crippen LogP contribution in [-0.2, 0) is 17.5 Å². The molecule has 1 aliphatic heterocycles. The molecule has 3 rings (SSSR count). The number of rotatable bonds is 5. The van der Waals surface area contributed by atoms with Crippen LogP contribution in [0.5, 0.6) is 0 Å². The van der Waals surface area contributed by atoms with Crippen LogP contribution >= 0.6 is 11.3 Å². The molecule has 1 atom stereocenters.